The van der Waals surface area contributed by atoms with Gasteiger partial charge < -0.3 is 15.0 Å². The molecule has 0 atom stereocenters. The van der Waals surface area contributed by atoms with Crippen molar-refractivity contribution in [2.24, 2.45) is 0 Å². The molecule has 0 aromatic heterocycles. The Bertz CT molecular complexity index is 720. The standard InChI is InChI=1S/C34H61N3O2/c1-3-4-5-6-7-8-9-10-11-12-13-14-15-16-17-20-25-35-31-32-22-18-19-23-33(32)36(2)34(38)24-21-26-37-27-29-39-30-28-37/h18-19,22-23,35H,3-17,20-21,24-31H2,1-2H3. The van der Waals surface area contributed by atoms with Crippen molar-refractivity contribution in [1.29, 1.82) is 0 Å². The third-order valence-corrected chi connectivity index (χ3v) is 8.22. The summed E-state index contributed by atoms with van der Waals surface area (Å²) < 4.78 is 5.41. The molecule has 0 unspecified atom stereocenters. The Kier molecular flexibility index (Phi) is 20.2. The fourth-order valence-electron chi connectivity index (χ4n) is 5.59. The van der Waals surface area contributed by atoms with Crippen LogP contribution < -0.4 is 10.2 Å². The first-order valence-corrected chi connectivity index (χ1v) is 16.6. The summed E-state index contributed by atoms with van der Waals surface area (Å²) in [4.78, 5) is 17.1. The lowest BCUT2D eigenvalue weighted by Crippen LogP contribution is -2.37. The van der Waals surface area contributed by atoms with E-state index in [0.717, 1.165) is 58.0 Å². The molecular formula is C34H61N3O2. The van der Waals surface area contributed by atoms with Crippen LogP contribution >= 0.6 is 0 Å². The van der Waals surface area contributed by atoms with Crippen molar-refractivity contribution in [2.75, 3.05) is 51.3 Å². The minimum absolute atomic E-state index is 0.202. The first-order chi connectivity index (χ1) is 19.2. The SMILES string of the molecule is CCCCCCCCCCCCCCCCCCNCc1ccccc1N(C)C(=O)CCCN1CCOCC1. The fourth-order valence-corrected chi connectivity index (χ4v) is 5.59. The Morgan fingerprint density at radius 1 is 0.795 bits per heavy atom. The van der Waals surface area contributed by atoms with Gasteiger partial charge in [-0.05, 0) is 37.6 Å². The highest BCUT2D eigenvalue weighted by Crippen LogP contribution is 2.20. The maximum absolute atomic E-state index is 12.8. The lowest BCUT2D eigenvalue weighted by atomic mass is 10.0. The van der Waals surface area contributed by atoms with Gasteiger partial charge in [-0.25, -0.2) is 0 Å². The number of benzene rings is 1. The first-order valence-electron chi connectivity index (χ1n) is 16.6. The van der Waals surface area contributed by atoms with Crippen molar-refractivity contribution >= 4 is 11.6 Å². The van der Waals surface area contributed by atoms with E-state index in [1.807, 2.05) is 18.0 Å². The molecular weight excluding hydrogens is 482 g/mol. The molecule has 1 saturated heterocycles. The van der Waals surface area contributed by atoms with Crippen LogP contribution in [0.1, 0.15) is 128 Å². The number of nitrogens with zero attached hydrogens (tertiary/aromatic N) is 2. The van der Waals surface area contributed by atoms with E-state index in [-0.39, 0.29) is 5.91 Å². The molecule has 1 aliphatic rings. The topological polar surface area (TPSA) is 44.8 Å². The van der Waals surface area contributed by atoms with E-state index in [0.29, 0.717) is 6.42 Å². The smallest absolute Gasteiger partial charge is 0.226 e. The maximum Gasteiger partial charge on any atom is 0.226 e. The van der Waals surface area contributed by atoms with Gasteiger partial charge in [0.05, 0.1) is 13.2 Å². The second kappa shape index (κ2) is 23.3. The Balaban J connectivity index is 1.45. The summed E-state index contributed by atoms with van der Waals surface area (Å²) in [6.07, 6.45) is 24.0. The van der Waals surface area contributed by atoms with Gasteiger partial charge in [0.15, 0.2) is 0 Å². The number of hydrogen-bond donors (Lipinski definition) is 1. The summed E-state index contributed by atoms with van der Waals surface area (Å²) in [6.45, 7) is 8.73. The molecule has 1 amide bonds. The van der Waals surface area contributed by atoms with Crippen molar-refractivity contribution in [1.82, 2.24) is 10.2 Å². The molecule has 1 aliphatic heterocycles. The zero-order valence-electron chi connectivity index (χ0n) is 25.7. The third kappa shape index (κ3) is 16.4. The quantitative estimate of drug-likeness (QED) is 0.134. The van der Waals surface area contributed by atoms with Gasteiger partial charge in [0.25, 0.3) is 0 Å². The van der Waals surface area contributed by atoms with Gasteiger partial charge in [0.2, 0.25) is 5.91 Å². The molecule has 2 rings (SSSR count). The summed E-state index contributed by atoms with van der Waals surface area (Å²) in [5, 5.41) is 3.62. The van der Waals surface area contributed by atoms with Crippen LogP contribution in [-0.2, 0) is 16.1 Å². The van der Waals surface area contributed by atoms with E-state index in [1.54, 1.807) is 0 Å². The van der Waals surface area contributed by atoms with Crippen LogP contribution in [0.15, 0.2) is 24.3 Å². The van der Waals surface area contributed by atoms with E-state index >= 15 is 0 Å². The van der Waals surface area contributed by atoms with Gasteiger partial charge in [-0.15, -0.1) is 0 Å². The summed E-state index contributed by atoms with van der Waals surface area (Å²) in [7, 11) is 1.92. The van der Waals surface area contributed by atoms with Crippen LogP contribution in [0.25, 0.3) is 0 Å². The zero-order valence-corrected chi connectivity index (χ0v) is 25.7. The summed E-state index contributed by atoms with van der Waals surface area (Å²) in [5.41, 5.74) is 2.24. The van der Waals surface area contributed by atoms with Gasteiger partial charge in [-0.2, -0.15) is 0 Å². The molecule has 5 nitrogen and oxygen atoms in total. The molecule has 1 aromatic carbocycles. The number of hydrogen-bond acceptors (Lipinski definition) is 4. The minimum atomic E-state index is 0.202. The van der Waals surface area contributed by atoms with E-state index in [2.05, 4.69) is 35.3 Å². The molecule has 0 saturated carbocycles. The molecule has 0 radical (unpaired) electrons. The number of ether oxygens (including phenoxy) is 1. The monoisotopic (exact) mass is 543 g/mol. The number of anilines is 1. The molecule has 0 aliphatic carbocycles. The van der Waals surface area contributed by atoms with Gasteiger partial charge >= 0.3 is 0 Å². The van der Waals surface area contributed by atoms with E-state index in [1.165, 1.54) is 108 Å². The second-order valence-electron chi connectivity index (χ2n) is 11.6. The summed E-state index contributed by atoms with van der Waals surface area (Å²) in [5.74, 6) is 0.202. The largest absolute Gasteiger partial charge is 0.379 e. The van der Waals surface area contributed by atoms with Crippen molar-refractivity contribution in [3.8, 4) is 0 Å². The highest BCUT2D eigenvalue weighted by molar-refractivity contribution is 5.93. The average Bonchev–Trinajstić information content (AvgIpc) is 2.97. The summed E-state index contributed by atoms with van der Waals surface area (Å²) in [6, 6.07) is 8.33. The third-order valence-electron chi connectivity index (χ3n) is 8.22. The highest BCUT2D eigenvalue weighted by atomic mass is 16.5. The van der Waals surface area contributed by atoms with Crippen molar-refractivity contribution in [2.45, 2.75) is 129 Å². The van der Waals surface area contributed by atoms with Crippen molar-refractivity contribution < 1.29 is 9.53 Å². The zero-order chi connectivity index (χ0) is 27.8. The number of carbonyl (C=O) groups excluding carboxylic acids is 1. The number of rotatable bonds is 24. The van der Waals surface area contributed by atoms with Gasteiger partial charge in [-0.1, -0.05) is 121 Å². The maximum atomic E-state index is 12.8. The molecule has 0 bridgehead atoms. The highest BCUT2D eigenvalue weighted by Gasteiger charge is 2.15. The minimum Gasteiger partial charge on any atom is -0.379 e. The number of nitrogens with one attached hydrogen (secondary N) is 1. The predicted octanol–water partition coefficient (Wildman–Crippen LogP) is 8.11. The number of para-hydroxylation sites is 1. The normalized spacial score (nSPS) is 14.1. The lowest BCUT2D eigenvalue weighted by molar-refractivity contribution is -0.118. The Morgan fingerprint density at radius 3 is 1.92 bits per heavy atom. The molecule has 5 heteroatoms. The Hall–Kier alpha value is -1.43. The number of morpholine rings is 1. The average molecular weight is 544 g/mol. The van der Waals surface area contributed by atoms with Crippen LogP contribution in [-0.4, -0.2) is 57.2 Å². The van der Waals surface area contributed by atoms with Gasteiger partial charge in [0, 0.05) is 38.8 Å². The van der Waals surface area contributed by atoms with E-state index in [9.17, 15) is 4.79 Å². The Morgan fingerprint density at radius 2 is 1.33 bits per heavy atom. The predicted molar refractivity (Wildman–Crippen MR) is 168 cm³/mol. The number of amides is 1. The van der Waals surface area contributed by atoms with Crippen LogP contribution in [0.3, 0.4) is 0 Å². The van der Waals surface area contributed by atoms with Crippen molar-refractivity contribution in [3.05, 3.63) is 29.8 Å². The summed E-state index contributed by atoms with van der Waals surface area (Å²) >= 11 is 0. The first kappa shape index (κ1) is 33.8. The van der Waals surface area contributed by atoms with Gasteiger partial charge in [0.1, 0.15) is 0 Å². The molecule has 1 heterocycles. The van der Waals surface area contributed by atoms with Crippen molar-refractivity contribution in [3.63, 3.8) is 0 Å². The van der Waals surface area contributed by atoms with Crippen LogP contribution in [0.2, 0.25) is 0 Å². The van der Waals surface area contributed by atoms with Crippen LogP contribution in [0, 0.1) is 0 Å². The molecule has 1 fully saturated rings. The number of carbonyl (C=O) groups is 1. The second-order valence-corrected chi connectivity index (χ2v) is 11.6. The lowest BCUT2D eigenvalue weighted by Gasteiger charge is -2.27. The fraction of sp³-hybridized carbons (Fsp3) is 0.794. The van der Waals surface area contributed by atoms with E-state index in [4.69, 9.17) is 4.74 Å². The molecule has 1 aromatic rings. The van der Waals surface area contributed by atoms with E-state index < -0.39 is 0 Å². The molecule has 1 N–H and O–H groups in total. The number of unbranched alkanes of at least 4 members (excludes halogenated alkanes) is 15. The van der Waals surface area contributed by atoms with Crippen LogP contribution in [0.5, 0.6) is 0 Å². The Labute approximate surface area is 241 Å². The van der Waals surface area contributed by atoms with Crippen LogP contribution in [0.4, 0.5) is 5.69 Å². The molecule has 39 heavy (non-hydrogen) atoms. The van der Waals surface area contributed by atoms with Gasteiger partial charge in [-0.3, -0.25) is 9.69 Å². The molecule has 224 valence electrons. The molecule has 0 spiro atoms.